The lowest BCUT2D eigenvalue weighted by Crippen LogP contribution is -2.34. The van der Waals surface area contributed by atoms with E-state index in [1.165, 1.54) is 5.56 Å². The maximum absolute atomic E-state index is 10.9. The normalized spacial score (nSPS) is 14.2. The van der Waals surface area contributed by atoms with Crippen molar-refractivity contribution in [3.8, 4) is 0 Å². The molecule has 0 saturated carbocycles. The zero-order chi connectivity index (χ0) is 12.7. The van der Waals surface area contributed by atoms with Gasteiger partial charge in [-0.3, -0.25) is 4.79 Å². The molecule has 0 fully saturated rings. The number of hydrogen-bond acceptors (Lipinski definition) is 2. The van der Waals surface area contributed by atoms with Crippen molar-refractivity contribution in [2.75, 3.05) is 6.54 Å². The molecule has 1 aromatic carbocycles. The van der Waals surface area contributed by atoms with Crippen LogP contribution in [-0.2, 0) is 11.2 Å². The molecule has 0 unspecified atom stereocenters. The van der Waals surface area contributed by atoms with Gasteiger partial charge in [-0.1, -0.05) is 44.2 Å². The summed E-state index contributed by atoms with van der Waals surface area (Å²) in [7, 11) is 0. The fourth-order valence-electron chi connectivity index (χ4n) is 1.95. The number of benzene rings is 1. The third-order valence-corrected chi connectivity index (χ3v) is 2.88. The van der Waals surface area contributed by atoms with Crippen molar-refractivity contribution in [2.24, 2.45) is 5.92 Å². The van der Waals surface area contributed by atoms with Crippen LogP contribution in [0.25, 0.3) is 0 Å². The summed E-state index contributed by atoms with van der Waals surface area (Å²) in [5, 5.41) is 12.3. The zero-order valence-electron chi connectivity index (χ0n) is 10.5. The Balaban J connectivity index is 2.57. The molecule has 3 heteroatoms. The number of nitrogens with one attached hydrogen (secondary N) is 1. The minimum absolute atomic E-state index is 0.230. The van der Waals surface area contributed by atoms with E-state index in [4.69, 9.17) is 5.11 Å². The van der Waals surface area contributed by atoms with E-state index < -0.39 is 5.97 Å². The van der Waals surface area contributed by atoms with Crippen LogP contribution in [0, 0.1) is 5.92 Å². The lowest BCUT2D eigenvalue weighted by Gasteiger charge is -2.20. The smallest absolute Gasteiger partial charge is 0.306 e. The van der Waals surface area contributed by atoms with Gasteiger partial charge in [0, 0.05) is 6.04 Å². The largest absolute Gasteiger partial charge is 0.481 e. The highest BCUT2D eigenvalue weighted by Crippen LogP contribution is 2.11. The molecule has 0 saturated heterocycles. The first-order valence-electron chi connectivity index (χ1n) is 6.13. The summed E-state index contributed by atoms with van der Waals surface area (Å²) in [6.45, 7) is 4.67. The molecule has 0 aliphatic heterocycles. The van der Waals surface area contributed by atoms with Gasteiger partial charge in [-0.15, -0.1) is 0 Å². The molecule has 0 heterocycles. The van der Waals surface area contributed by atoms with E-state index in [-0.39, 0.29) is 12.0 Å². The molecule has 0 radical (unpaired) electrons. The fourth-order valence-corrected chi connectivity index (χ4v) is 1.95. The van der Waals surface area contributed by atoms with Crippen molar-refractivity contribution in [3.05, 3.63) is 35.9 Å². The molecule has 94 valence electrons. The van der Waals surface area contributed by atoms with Crippen LogP contribution in [0.2, 0.25) is 0 Å². The summed E-state index contributed by atoms with van der Waals surface area (Å²) in [6.07, 6.45) is 1.55. The Morgan fingerprint density at radius 1 is 1.35 bits per heavy atom. The van der Waals surface area contributed by atoms with E-state index in [0.29, 0.717) is 6.42 Å². The molecule has 0 aromatic heterocycles. The van der Waals surface area contributed by atoms with Crippen LogP contribution in [0.5, 0.6) is 0 Å². The summed E-state index contributed by atoms with van der Waals surface area (Å²) in [5.41, 5.74) is 1.25. The van der Waals surface area contributed by atoms with Crippen molar-refractivity contribution in [2.45, 2.75) is 32.7 Å². The van der Waals surface area contributed by atoms with Gasteiger partial charge in [0.15, 0.2) is 0 Å². The molecule has 0 aliphatic rings. The number of carboxylic acids is 1. The Morgan fingerprint density at radius 2 is 2.00 bits per heavy atom. The lowest BCUT2D eigenvalue weighted by molar-refractivity contribution is -0.141. The third kappa shape index (κ3) is 5.00. The van der Waals surface area contributed by atoms with Gasteiger partial charge in [0.25, 0.3) is 0 Å². The van der Waals surface area contributed by atoms with E-state index in [1.54, 1.807) is 6.92 Å². The number of likely N-dealkylation sites (N-methyl/N-ethyl adjacent to an activating group) is 1. The summed E-state index contributed by atoms with van der Waals surface area (Å²) < 4.78 is 0. The first kappa shape index (κ1) is 13.7. The standard InChI is InChI=1S/C14H21NO2/c1-3-15-13(9-11(2)14(16)17)10-12-7-5-4-6-8-12/h4-8,11,13,15H,3,9-10H2,1-2H3,(H,16,17)/t11-,13+/m0/s1. The fraction of sp³-hybridized carbons (Fsp3) is 0.500. The van der Waals surface area contributed by atoms with E-state index in [2.05, 4.69) is 17.4 Å². The van der Waals surface area contributed by atoms with Crippen LogP contribution in [0.15, 0.2) is 30.3 Å². The summed E-state index contributed by atoms with van der Waals surface area (Å²) in [5.74, 6) is -1.02. The van der Waals surface area contributed by atoms with Gasteiger partial charge < -0.3 is 10.4 Å². The number of rotatable bonds is 7. The molecule has 1 rings (SSSR count). The zero-order valence-corrected chi connectivity index (χ0v) is 10.5. The molecule has 0 bridgehead atoms. The predicted octanol–water partition coefficient (Wildman–Crippen LogP) is 2.32. The third-order valence-electron chi connectivity index (χ3n) is 2.88. The number of carboxylic acid groups (broad SMARTS) is 1. The molecule has 0 amide bonds. The first-order chi connectivity index (χ1) is 8.13. The van der Waals surface area contributed by atoms with Crippen LogP contribution in [0.1, 0.15) is 25.8 Å². The van der Waals surface area contributed by atoms with Crippen LogP contribution in [0.3, 0.4) is 0 Å². The summed E-state index contributed by atoms with van der Waals surface area (Å²) in [6, 6.07) is 10.4. The quantitative estimate of drug-likeness (QED) is 0.762. The van der Waals surface area contributed by atoms with Crippen LogP contribution in [0.4, 0.5) is 0 Å². The molecule has 2 atom stereocenters. The molecule has 17 heavy (non-hydrogen) atoms. The van der Waals surface area contributed by atoms with Gasteiger partial charge in [-0.25, -0.2) is 0 Å². The van der Waals surface area contributed by atoms with Crippen LogP contribution in [-0.4, -0.2) is 23.7 Å². The molecule has 0 spiro atoms. The van der Waals surface area contributed by atoms with E-state index in [9.17, 15) is 4.79 Å². The average Bonchev–Trinajstić information content (AvgIpc) is 2.30. The summed E-state index contributed by atoms with van der Waals surface area (Å²) >= 11 is 0. The Bertz CT molecular complexity index is 337. The van der Waals surface area contributed by atoms with E-state index in [0.717, 1.165) is 13.0 Å². The van der Waals surface area contributed by atoms with Gasteiger partial charge in [0.1, 0.15) is 0 Å². The second-order valence-corrected chi connectivity index (χ2v) is 4.42. The van der Waals surface area contributed by atoms with Crippen molar-refractivity contribution in [1.82, 2.24) is 5.32 Å². The highest BCUT2D eigenvalue weighted by atomic mass is 16.4. The number of aliphatic carboxylic acids is 1. The molecule has 0 aliphatic carbocycles. The van der Waals surface area contributed by atoms with Crippen molar-refractivity contribution in [3.63, 3.8) is 0 Å². The van der Waals surface area contributed by atoms with E-state index >= 15 is 0 Å². The molecule has 3 nitrogen and oxygen atoms in total. The second kappa shape index (κ2) is 7.07. The van der Waals surface area contributed by atoms with Gasteiger partial charge in [0.05, 0.1) is 5.92 Å². The van der Waals surface area contributed by atoms with Gasteiger partial charge in [-0.05, 0) is 24.9 Å². The average molecular weight is 235 g/mol. The SMILES string of the molecule is CCN[C@@H](Cc1ccccc1)C[C@H](C)C(=O)O. The topological polar surface area (TPSA) is 49.3 Å². The van der Waals surface area contributed by atoms with Crippen LogP contribution < -0.4 is 5.32 Å². The van der Waals surface area contributed by atoms with Crippen molar-refractivity contribution in [1.29, 1.82) is 0 Å². The Morgan fingerprint density at radius 3 is 2.53 bits per heavy atom. The first-order valence-corrected chi connectivity index (χ1v) is 6.13. The monoisotopic (exact) mass is 235 g/mol. The molecular weight excluding hydrogens is 214 g/mol. The minimum atomic E-state index is -0.721. The predicted molar refractivity (Wildman–Crippen MR) is 69.0 cm³/mol. The minimum Gasteiger partial charge on any atom is -0.481 e. The number of carbonyl (C=O) groups is 1. The van der Waals surface area contributed by atoms with Crippen LogP contribution >= 0.6 is 0 Å². The maximum atomic E-state index is 10.9. The number of hydrogen-bond donors (Lipinski definition) is 2. The highest BCUT2D eigenvalue weighted by Gasteiger charge is 2.17. The summed E-state index contributed by atoms with van der Waals surface area (Å²) in [4.78, 5) is 10.9. The van der Waals surface area contributed by atoms with Crippen molar-refractivity contribution >= 4 is 5.97 Å². The van der Waals surface area contributed by atoms with Gasteiger partial charge >= 0.3 is 5.97 Å². The Hall–Kier alpha value is -1.35. The second-order valence-electron chi connectivity index (χ2n) is 4.42. The Kier molecular flexibility index (Phi) is 5.70. The maximum Gasteiger partial charge on any atom is 0.306 e. The lowest BCUT2D eigenvalue weighted by atomic mass is 9.96. The Labute approximate surface area is 103 Å². The van der Waals surface area contributed by atoms with Gasteiger partial charge in [0.2, 0.25) is 0 Å². The molecular formula is C14H21NO2. The molecule has 1 aromatic rings. The highest BCUT2D eigenvalue weighted by molar-refractivity contribution is 5.69. The van der Waals surface area contributed by atoms with Crippen molar-refractivity contribution < 1.29 is 9.90 Å². The molecule has 2 N–H and O–H groups in total. The van der Waals surface area contributed by atoms with E-state index in [1.807, 2.05) is 25.1 Å². The van der Waals surface area contributed by atoms with Gasteiger partial charge in [-0.2, -0.15) is 0 Å².